The molecule has 0 aliphatic rings. The van der Waals surface area contributed by atoms with Gasteiger partial charge in [0.2, 0.25) is 11.8 Å². The Morgan fingerprint density at radius 2 is 1.74 bits per heavy atom. The van der Waals surface area contributed by atoms with Crippen LogP contribution in [0.4, 0.5) is 0 Å². The third kappa shape index (κ3) is 5.87. The summed E-state index contributed by atoms with van der Waals surface area (Å²) in [5, 5.41) is 11.3. The Bertz CT molecular complexity index is 1280. The monoisotopic (exact) mass is 471 g/mol. The molecule has 7 heteroatoms. The molecule has 0 spiro atoms. The number of unbranched alkanes of at least 4 members (excludes halogenated alkanes) is 1. The van der Waals surface area contributed by atoms with Crippen LogP contribution in [0.5, 0.6) is 11.5 Å². The number of nitrogens with one attached hydrogen (secondary N) is 1. The minimum atomic E-state index is -0.176. The highest BCUT2D eigenvalue weighted by Gasteiger charge is 2.13. The van der Waals surface area contributed by atoms with Crippen LogP contribution in [-0.2, 0) is 6.54 Å². The molecule has 0 unspecified atom stereocenters. The smallest absolute Gasteiger partial charge is 0.251 e. The van der Waals surface area contributed by atoms with Crippen molar-refractivity contribution in [1.29, 1.82) is 0 Å². The van der Waals surface area contributed by atoms with Crippen molar-refractivity contribution in [3.63, 3.8) is 0 Å². The minimum Gasteiger partial charge on any atom is -0.493 e. The molecule has 0 atom stereocenters. The average Bonchev–Trinajstić information content (AvgIpc) is 3.38. The Morgan fingerprint density at radius 1 is 0.971 bits per heavy atom. The van der Waals surface area contributed by atoms with E-state index in [2.05, 4.69) is 22.4 Å². The highest BCUT2D eigenvalue weighted by atomic mass is 16.5. The predicted molar refractivity (Wildman–Crippen MR) is 134 cm³/mol. The molecule has 0 bridgehead atoms. The number of benzene rings is 3. The van der Waals surface area contributed by atoms with E-state index in [9.17, 15) is 4.79 Å². The van der Waals surface area contributed by atoms with E-state index in [1.54, 1.807) is 31.4 Å². The minimum absolute atomic E-state index is 0.176. The van der Waals surface area contributed by atoms with Crippen LogP contribution in [0.2, 0.25) is 0 Å². The molecule has 1 heterocycles. The standard InChI is InChI=1S/C28H29N3O4/c1-4-5-16-34-24-15-10-20(17-25(24)33-3)18-29-26(32)21-11-13-22(14-12-21)27-30-31-28(35-27)23-9-7-6-8-19(23)2/h6-15,17H,4-5,16,18H2,1-3H3,(H,29,32). The van der Waals surface area contributed by atoms with Crippen LogP contribution in [0.25, 0.3) is 22.9 Å². The van der Waals surface area contributed by atoms with Crippen molar-refractivity contribution >= 4 is 5.91 Å². The summed E-state index contributed by atoms with van der Waals surface area (Å²) in [7, 11) is 1.61. The van der Waals surface area contributed by atoms with E-state index < -0.39 is 0 Å². The first-order valence-electron chi connectivity index (χ1n) is 11.7. The zero-order valence-corrected chi connectivity index (χ0v) is 20.2. The van der Waals surface area contributed by atoms with Crippen LogP contribution in [0, 0.1) is 6.92 Å². The molecular formula is C28H29N3O4. The van der Waals surface area contributed by atoms with Crippen molar-refractivity contribution in [2.75, 3.05) is 13.7 Å². The molecule has 0 radical (unpaired) electrons. The summed E-state index contributed by atoms with van der Waals surface area (Å²) in [5.41, 5.74) is 4.17. The van der Waals surface area contributed by atoms with Crippen LogP contribution in [0.1, 0.15) is 41.3 Å². The topological polar surface area (TPSA) is 86.5 Å². The van der Waals surface area contributed by atoms with Crippen LogP contribution in [-0.4, -0.2) is 29.8 Å². The Morgan fingerprint density at radius 3 is 2.49 bits per heavy atom. The molecule has 1 amide bonds. The lowest BCUT2D eigenvalue weighted by Crippen LogP contribution is -2.22. The molecule has 7 nitrogen and oxygen atoms in total. The highest BCUT2D eigenvalue weighted by Crippen LogP contribution is 2.29. The van der Waals surface area contributed by atoms with Crippen molar-refractivity contribution in [3.8, 4) is 34.4 Å². The number of hydrogen-bond donors (Lipinski definition) is 1. The van der Waals surface area contributed by atoms with Gasteiger partial charge in [-0.1, -0.05) is 37.6 Å². The molecule has 0 aliphatic carbocycles. The fraction of sp³-hybridized carbons (Fsp3) is 0.250. The number of hydrogen-bond acceptors (Lipinski definition) is 6. The van der Waals surface area contributed by atoms with Gasteiger partial charge in [0.1, 0.15) is 0 Å². The lowest BCUT2D eigenvalue weighted by Gasteiger charge is -2.12. The van der Waals surface area contributed by atoms with Gasteiger partial charge in [-0.25, -0.2) is 0 Å². The number of rotatable bonds is 10. The molecular weight excluding hydrogens is 442 g/mol. The van der Waals surface area contributed by atoms with E-state index in [-0.39, 0.29) is 5.91 Å². The summed E-state index contributed by atoms with van der Waals surface area (Å²) in [6, 6.07) is 20.6. The normalized spacial score (nSPS) is 10.7. The molecule has 1 N–H and O–H groups in total. The Balaban J connectivity index is 1.38. The zero-order chi connectivity index (χ0) is 24.6. The van der Waals surface area contributed by atoms with Crippen molar-refractivity contribution in [3.05, 3.63) is 83.4 Å². The molecule has 0 saturated heterocycles. The fourth-order valence-electron chi connectivity index (χ4n) is 3.58. The van der Waals surface area contributed by atoms with E-state index in [0.717, 1.165) is 35.1 Å². The second-order valence-corrected chi connectivity index (χ2v) is 8.17. The van der Waals surface area contributed by atoms with Gasteiger partial charge in [-0.2, -0.15) is 0 Å². The van der Waals surface area contributed by atoms with E-state index >= 15 is 0 Å². The number of ether oxygens (including phenoxy) is 2. The maximum Gasteiger partial charge on any atom is 0.251 e. The van der Waals surface area contributed by atoms with E-state index in [1.165, 1.54) is 0 Å². The molecule has 4 rings (SSSR count). The SMILES string of the molecule is CCCCOc1ccc(CNC(=O)c2ccc(-c3nnc(-c4ccccc4C)o3)cc2)cc1OC. The quantitative estimate of drug-likeness (QED) is 0.293. The Hall–Kier alpha value is -4.13. The Labute approximate surface area is 205 Å². The second kappa shape index (κ2) is 11.3. The molecule has 1 aromatic heterocycles. The van der Waals surface area contributed by atoms with Crippen molar-refractivity contribution in [2.24, 2.45) is 0 Å². The summed E-state index contributed by atoms with van der Waals surface area (Å²) >= 11 is 0. The van der Waals surface area contributed by atoms with Gasteiger partial charge in [-0.3, -0.25) is 4.79 Å². The van der Waals surface area contributed by atoms with Gasteiger partial charge in [0.25, 0.3) is 5.91 Å². The van der Waals surface area contributed by atoms with Gasteiger partial charge in [-0.15, -0.1) is 10.2 Å². The molecule has 0 saturated carbocycles. The van der Waals surface area contributed by atoms with Gasteiger partial charge in [0.05, 0.1) is 13.7 Å². The molecule has 3 aromatic carbocycles. The molecule has 0 aliphatic heterocycles. The van der Waals surface area contributed by atoms with Gasteiger partial charge in [0.15, 0.2) is 11.5 Å². The molecule has 0 fully saturated rings. The van der Waals surface area contributed by atoms with Crippen molar-refractivity contribution in [2.45, 2.75) is 33.2 Å². The third-order valence-corrected chi connectivity index (χ3v) is 5.63. The lowest BCUT2D eigenvalue weighted by atomic mass is 10.1. The van der Waals surface area contributed by atoms with Gasteiger partial charge in [0, 0.05) is 23.2 Å². The molecule has 35 heavy (non-hydrogen) atoms. The third-order valence-electron chi connectivity index (χ3n) is 5.63. The van der Waals surface area contributed by atoms with E-state index in [4.69, 9.17) is 13.9 Å². The first-order valence-corrected chi connectivity index (χ1v) is 11.7. The van der Waals surface area contributed by atoms with Crippen molar-refractivity contribution < 1.29 is 18.7 Å². The summed E-state index contributed by atoms with van der Waals surface area (Å²) < 4.78 is 17.1. The lowest BCUT2D eigenvalue weighted by molar-refractivity contribution is 0.0951. The van der Waals surface area contributed by atoms with Gasteiger partial charge in [-0.05, 0) is 66.9 Å². The van der Waals surface area contributed by atoms with Gasteiger partial charge >= 0.3 is 0 Å². The van der Waals surface area contributed by atoms with E-state index in [0.29, 0.717) is 42.0 Å². The molecule has 180 valence electrons. The zero-order valence-electron chi connectivity index (χ0n) is 20.2. The average molecular weight is 472 g/mol. The Kier molecular flexibility index (Phi) is 7.77. The second-order valence-electron chi connectivity index (χ2n) is 8.17. The van der Waals surface area contributed by atoms with Crippen molar-refractivity contribution in [1.82, 2.24) is 15.5 Å². The maximum absolute atomic E-state index is 12.7. The van der Waals surface area contributed by atoms with Crippen LogP contribution in [0.15, 0.2) is 71.1 Å². The summed E-state index contributed by atoms with van der Waals surface area (Å²) in [4.78, 5) is 12.7. The largest absolute Gasteiger partial charge is 0.493 e. The number of amides is 1. The number of aromatic nitrogens is 2. The number of methoxy groups -OCH3 is 1. The van der Waals surface area contributed by atoms with Crippen LogP contribution >= 0.6 is 0 Å². The highest BCUT2D eigenvalue weighted by molar-refractivity contribution is 5.94. The first-order chi connectivity index (χ1) is 17.1. The number of carbonyl (C=O) groups excluding carboxylic acids is 1. The number of carbonyl (C=O) groups is 1. The van der Waals surface area contributed by atoms with Gasteiger partial charge < -0.3 is 19.2 Å². The summed E-state index contributed by atoms with van der Waals surface area (Å²) in [5.74, 6) is 2.06. The van der Waals surface area contributed by atoms with E-state index in [1.807, 2.05) is 49.4 Å². The molecule has 4 aromatic rings. The fourth-order valence-corrected chi connectivity index (χ4v) is 3.58. The van der Waals surface area contributed by atoms with Crippen LogP contribution in [0.3, 0.4) is 0 Å². The predicted octanol–water partition coefficient (Wildman–Crippen LogP) is 5.83. The summed E-state index contributed by atoms with van der Waals surface area (Å²) in [6.07, 6.45) is 2.05. The number of aryl methyl sites for hydroxylation is 1. The number of nitrogens with zero attached hydrogens (tertiary/aromatic N) is 2. The maximum atomic E-state index is 12.7. The first kappa shape index (κ1) is 24.0. The van der Waals surface area contributed by atoms with Crippen LogP contribution < -0.4 is 14.8 Å². The summed E-state index contributed by atoms with van der Waals surface area (Å²) in [6.45, 7) is 5.14.